The maximum atomic E-state index is 15.1. The van der Waals surface area contributed by atoms with Crippen molar-refractivity contribution in [1.82, 2.24) is 24.6 Å². The summed E-state index contributed by atoms with van der Waals surface area (Å²) in [5.74, 6) is -1.43. The summed E-state index contributed by atoms with van der Waals surface area (Å²) in [5.41, 5.74) is 0.311. The molecule has 0 unspecified atom stereocenters. The molecule has 214 valence electrons. The number of thiophene rings is 1. The highest BCUT2D eigenvalue weighted by atomic mass is 32.1. The second-order valence-corrected chi connectivity index (χ2v) is 11.1. The molecule has 0 saturated carbocycles. The van der Waals surface area contributed by atoms with Gasteiger partial charge in [0.1, 0.15) is 17.1 Å². The molecule has 9 nitrogen and oxygen atoms in total. The number of hydrogen-bond acceptors (Lipinski definition) is 8. The van der Waals surface area contributed by atoms with Crippen molar-refractivity contribution in [3.05, 3.63) is 105 Å². The van der Waals surface area contributed by atoms with E-state index in [0.717, 1.165) is 58.6 Å². The highest BCUT2D eigenvalue weighted by molar-refractivity contribution is 7.19. The molecule has 1 saturated heterocycles. The van der Waals surface area contributed by atoms with Crippen molar-refractivity contribution in [3.63, 3.8) is 0 Å². The topological polar surface area (TPSA) is 92.6 Å². The molecule has 0 radical (unpaired) electrons. The van der Waals surface area contributed by atoms with E-state index in [2.05, 4.69) is 32.2 Å². The zero-order valence-corrected chi connectivity index (χ0v) is 23.4. The van der Waals surface area contributed by atoms with Crippen molar-refractivity contribution in [1.29, 1.82) is 0 Å². The number of nitrogens with one attached hydrogen (secondary N) is 1. The van der Waals surface area contributed by atoms with E-state index < -0.39 is 23.1 Å². The van der Waals surface area contributed by atoms with Crippen molar-refractivity contribution in [2.75, 3.05) is 38.5 Å². The highest BCUT2D eigenvalue weighted by Gasteiger charge is 2.18. The molecule has 1 fully saturated rings. The van der Waals surface area contributed by atoms with E-state index in [-0.39, 0.29) is 17.0 Å². The first kappa shape index (κ1) is 27.6. The SMILES string of the molecule is CN1CCN(Cc2cc3nccc(Oc4ccc(NC(=O)c5ccnn(-c6ccc(F)cc6)c5=O)cc4F)c3s2)CC1. The monoisotopic (exact) mass is 588 g/mol. The zero-order valence-electron chi connectivity index (χ0n) is 22.6. The molecule has 3 aromatic heterocycles. The number of amides is 1. The second-order valence-electron chi connectivity index (χ2n) is 9.96. The molecule has 0 aliphatic carbocycles. The lowest BCUT2D eigenvalue weighted by Crippen LogP contribution is -2.43. The van der Waals surface area contributed by atoms with Gasteiger partial charge >= 0.3 is 0 Å². The first-order valence-electron chi connectivity index (χ1n) is 13.3. The van der Waals surface area contributed by atoms with Crippen LogP contribution in [0.15, 0.2) is 77.9 Å². The van der Waals surface area contributed by atoms with Crippen LogP contribution < -0.4 is 15.6 Å². The summed E-state index contributed by atoms with van der Waals surface area (Å²) in [5, 5.41) is 6.51. The van der Waals surface area contributed by atoms with Gasteiger partial charge in [0.25, 0.3) is 11.5 Å². The Hall–Kier alpha value is -4.52. The van der Waals surface area contributed by atoms with Crippen LogP contribution in [0.1, 0.15) is 15.2 Å². The Morgan fingerprint density at radius 2 is 1.76 bits per heavy atom. The van der Waals surface area contributed by atoms with Gasteiger partial charge in [0.05, 0.1) is 15.9 Å². The lowest BCUT2D eigenvalue weighted by atomic mass is 10.2. The van der Waals surface area contributed by atoms with Gasteiger partial charge in [0.2, 0.25) is 0 Å². The van der Waals surface area contributed by atoms with Gasteiger partial charge in [-0.15, -0.1) is 11.3 Å². The minimum absolute atomic E-state index is 0.0166. The summed E-state index contributed by atoms with van der Waals surface area (Å²) in [7, 11) is 2.12. The standard InChI is InChI=1S/C30H26F2N6O3S/c1-36-12-14-37(15-13-36)18-22-17-25-28(42-22)27(9-10-33-25)41-26-7-4-20(16-24(26)32)35-29(39)23-8-11-34-38(30(23)40)21-5-2-19(31)3-6-21/h2-11,16-17H,12-15,18H2,1H3,(H,35,39). The Morgan fingerprint density at radius 1 is 0.976 bits per heavy atom. The molecule has 0 spiro atoms. The Balaban J connectivity index is 1.17. The summed E-state index contributed by atoms with van der Waals surface area (Å²) >= 11 is 1.58. The van der Waals surface area contributed by atoms with E-state index in [9.17, 15) is 14.0 Å². The summed E-state index contributed by atoms with van der Waals surface area (Å²) in [6.07, 6.45) is 2.91. The predicted octanol–water partition coefficient (Wildman–Crippen LogP) is 4.91. The number of halogens is 2. The van der Waals surface area contributed by atoms with Crippen LogP contribution in [-0.4, -0.2) is 63.7 Å². The summed E-state index contributed by atoms with van der Waals surface area (Å²) < 4.78 is 36.2. The van der Waals surface area contributed by atoms with E-state index in [1.807, 2.05) is 6.07 Å². The van der Waals surface area contributed by atoms with Crippen LogP contribution in [0.25, 0.3) is 15.9 Å². The zero-order chi connectivity index (χ0) is 29.2. The van der Waals surface area contributed by atoms with Crippen molar-refractivity contribution in [2.45, 2.75) is 6.54 Å². The van der Waals surface area contributed by atoms with Crippen LogP contribution >= 0.6 is 11.3 Å². The number of aromatic nitrogens is 3. The fourth-order valence-electron chi connectivity index (χ4n) is 4.68. The third-order valence-corrected chi connectivity index (χ3v) is 8.10. The van der Waals surface area contributed by atoms with E-state index >= 15 is 4.39 Å². The molecule has 6 rings (SSSR count). The minimum Gasteiger partial charge on any atom is -0.453 e. The largest absolute Gasteiger partial charge is 0.453 e. The van der Waals surface area contributed by atoms with Gasteiger partial charge in [-0.3, -0.25) is 19.5 Å². The number of pyridine rings is 1. The average molecular weight is 589 g/mol. The Kier molecular flexibility index (Phi) is 7.74. The van der Waals surface area contributed by atoms with Crippen LogP contribution in [0.5, 0.6) is 11.5 Å². The fourth-order valence-corrected chi connectivity index (χ4v) is 5.78. The molecule has 1 amide bonds. The van der Waals surface area contributed by atoms with Gasteiger partial charge in [-0.1, -0.05) is 0 Å². The van der Waals surface area contributed by atoms with Crippen LogP contribution in [0.4, 0.5) is 14.5 Å². The molecular weight excluding hydrogens is 562 g/mol. The predicted molar refractivity (Wildman–Crippen MR) is 157 cm³/mol. The maximum absolute atomic E-state index is 15.1. The van der Waals surface area contributed by atoms with Crippen LogP contribution in [-0.2, 0) is 6.54 Å². The number of carbonyl (C=O) groups is 1. The van der Waals surface area contributed by atoms with Crippen LogP contribution in [0.2, 0.25) is 0 Å². The van der Waals surface area contributed by atoms with E-state index in [1.54, 1.807) is 23.6 Å². The summed E-state index contributed by atoms with van der Waals surface area (Å²) in [6, 6.07) is 14.2. The number of rotatable bonds is 7. The number of fused-ring (bicyclic) bond motifs is 1. The third-order valence-electron chi connectivity index (χ3n) is 6.97. The van der Waals surface area contributed by atoms with Gasteiger partial charge in [-0.2, -0.15) is 9.78 Å². The molecule has 2 aromatic carbocycles. The van der Waals surface area contributed by atoms with E-state index in [1.165, 1.54) is 48.7 Å². The lowest BCUT2D eigenvalue weighted by Gasteiger charge is -2.31. The van der Waals surface area contributed by atoms with Crippen molar-refractivity contribution < 1.29 is 18.3 Å². The first-order chi connectivity index (χ1) is 20.3. The number of piperazine rings is 1. The molecule has 4 heterocycles. The summed E-state index contributed by atoms with van der Waals surface area (Å²) in [4.78, 5) is 36.1. The molecule has 1 aliphatic rings. The van der Waals surface area contributed by atoms with Gasteiger partial charge in [0, 0.05) is 67.8 Å². The number of ether oxygens (including phenoxy) is 1. The normalized spacial score (nSPS) is 14.3. The Bertz CT molecular complexity index is 1820. The minimum atomic E-state index is -0.742. The maximum Gasteiger partial charge on any atom is 0.284 e. The number of hydrogen-bond donors (Lipinski definition) is 1. The smallest absolute Gasteiger partial charge is 0.284 e. The van der Waals surface area contributed by atoms with Crippen molar-refractivity contribution in [2.24, 2.45) is 0 Å². The first-order valence-corrected chi connectivity index (χ1v) is 14.1. The molecule has 1 N–H and O–H groups in total. The van der Waals surface area contributed by atoms with Gasteiger partial charge < -0.3 is 15.0 Å². The Labute approximate surface area is 243 Å². The molecular formula is C30H26F2N6O3S. The number of nitrogens with zero attached hydrogens (tertiary/aromatic N) is 5. The number of carbonyl (C=O) groups excluding carboxylic acids is 1. The fraction of sp³-hybridized carbons (Fsp3) is 0.200. The van der Waals surface area contributed by atoms with Crippen LogP contribution in [0.3, 0.4) is 0 Å². The molecule has 1 aliphatic heterocycles. The van der Waals surface area contributed by atoms with Gasteiger partial charge in [-0.25, -0.2) is 8.78 Å². The molecule has 0 bridgehead atoms. The lowest BCUT2D eigenvalue weighted by molar-refractivity contribution is 0.102. The highest BCUT2D eigenvalue weighted by Crippen LogP contribution is 2.36. The third kappa shape index (κ3) is 5.91. The molecule has 12 heteroatoms. The van der Waals surface area contributed by atoms with Crippen LogP contribution in [0, 0.1) is 11.6 Å². The number of benzene rings is 2. The van der Waals surface area contributed by atoms with Crippen molar-refractivity contribution in [3.8, 4) is 17.2 Å². The molecule has 0 atom stereocenters. The number of likely N-dealkylation sites (N-methyl/N-ethyl adjacent to an activating group) is 1. The van der Waals surface area contributed by atoms with Gasteiger partial charge in [0.15, 0.2) is 11.6 Å². The van der Waals surface area contributed by atoms with Crippen molar-refractivity contribution >= 4 is 33.1 Å². The van der Waals surface area contributed by atoms with E-state index in [0.29, 0.717) is 11.4 Å². The number of anilines is 1. The summed E-state index contributed by atoms with van der Waals surface area (Å²) in [6.45, 7) is 4.89. The molecule has 5 aromatic rings. The Morgan fingerprint density at radius 3 is 2.52 bits per heavy atom. The quantitative estimate of drug-likeness (QED) is 0.289. The average Bonchev–Trinajstić information content (AvgIpc) is 3.40. The van der Waals surface area contributed by atoms with Gasteiger partial charge in [-0.05, 0) is 55.6 Å². The molecule has 42 heavy (non-hydrogen) atoms. The second kappa shape index (κ2) is 11.8. The van der Waals surface area contributed by atoms with E-state index in [4.69, 9.17) is 4.74 Å².